The molecule has 0 heterocycles. The van der Waals surface area contributed by atoms with Gasteiger partial charge < -0.3 is 5.11 Å². The largest absolute Gasteiger partial charge is 0.387 e. The Morgan fingerprint density at radius 2 is 2.25 bits per heavy atom. The van der Waals surface area contributed by atoms with Crippen LogP contribution in [0.2, 0.25) is 5.02 Å². The van der Waals surface area contributed by atoms with Gasteiger partial charge in [0.15, 0.2) is 0 Å². The van der Waals surface area contributed by atoms with Gasteiger partial charge in [-0.05, 0) is 29.7 Å². The average molecular weight is 248 g/mol. The molecular weight excluding hydrogens is 239 g/mol. The van der Waals surface area contributed by atoms with Crippen LogP contribution < -0.4 is 0 Å². The molecule has 0 bridgehead atoms. The lowest BCUT2D eigenvalue weighted by Crippen LogP contribution is -2.03. The van der Waals surface area contributed by atoms with E-state index in [0.29, 0.717) is 0 Å². The Hall–Kier alpha value is -0.0500. The highest BCUT2D eigenvalue weighted by Gasteiger charge is 2.28. The number of hydrogen-bond acceptors (Lipinski definition) is 1. The van der Waals surface area contributed by atoms with E-state index in [1.807, 2.05) is 18.2 Å². The highest BCUT2D eigenvalue weighted by Crippen LogP contribution is 2.36. The quantitative estimate of drug-likeness (QED) is 0.699. The second-order valence-corrected chi connectivity index (χ2v) is 4.62. The van der Waals surface area contributed by atoms with E-state index in [-0.39, 0.29) is 10.9 Å². The highest BCUT2D eigenvalue weighted by atomic mass is 79.9. The lowest BCUT2D eigenvalue weighted by Gasteiger charge is -2.06. The number of halogens is 2. The molecule has 0 spiro atoms. The molecule has 0 fully saturated rings. The summed E-state index contributed by atoms with van der Waals surface area (Å²) in [5.74, 6) is 0. The lowest BCUT2D eigenvalue weighted by atomic mass is 10.1. The molecule has 1 aromatic rings. The first kappa shape index (κ1) is 8.54. The molecule has 1 aliphatic rings. The molecule has 2 unspecified atom stereocenters. The minimum Gasteiger partial charge on any atom is -0.387 e. The topological polar surface area (TPSA) is 20.2 Å². The van der Waals surface area contributed by atoms with E-state index < -0.39 is 0 Å². The van der Waals surface area contributed by atoms with Crippen molar-refractivity contribution in [3.63, 3.8) is 0 Å². The van der Waals surface area contributed by atoms with Crippen LogP contribution in [0.1, 0.15) is 17.2 Å². The predicted octanol–water partition coefficient (Wildman–Crippen LogP) is 2.69. The summed E-state index contributed by atoms with van der Waals surface area (Å²) in [5, 5.41) is 10.4. The zero-order valence-electron chi connectivity index (χ0n) is 6.30. The summed E-state index contributed by atoms with van der Waals surface area (Å²) in [4.78, 5) is 0.144. The van der Waals surface area contributed by atoms with E-state index in [9.17, 15) is 5.11 Å². The molecule has 0 amide bonds. The van der Waals surface area contributed by atoms with Crippen molar-refractivity contribution in [1.82, 2.24) is 0 Å². The first-order valence-electron chi connectivity index (χ1n) is 3.79. The summed E-state index contributed by atoms with van der Waals surface area (Å²) in [6, 6.07) is 5.62. The molecule has 1 aromatic carbocycles. The van der Waals surface area contributed by atoms with Gasteiger partial charge in [-0.15, -0.1) is 0 Å². The van der Waals surface area contributed by atoms with Gasteiger partial charge in [0, 0.05) is 9.85 Å². The Morgan fingerprint density at radius 1 is 1.50 bits per heavy atom. The van der Waals surface area contributed by atoms with E-state index in [4.69, 9.17) is 11.6 Å². The molecule has 1 nitrogen and oxygen atoms in total. The average Bonchev–Trinajstić information content (AvgIpc) is 2.28. The van der Waals surface area contributed by atoms with Gasteiger partial charge in [-0.2, -0.15) is 0 Å². The van der Waals surface area contributed by atoms with Gasteiger partial charge in [-0.3, -0.25) is 0 Å². The van der Waals surface area contributed by atoms with Crippen LogP contribution in [0.3, 0.4) is 0 Å². The number of fused-ring (bicyclic) bond motifs is 1. The van der Waals surface area contributed by atoms with Crippen LogP contribution in [-0.4, -0.2) is 9.93 Å². The Labute approximate surface area is 84.5 Å². The van der Waals surface area contributed by atoms with Crippen LogP contribution in [0.15, 0.2) is 18.2 Å². The maximum absolute atomic E-state index is 9.65. The molecule has 0 saturated carbocycles. The van der Waals surface area contributed by atoms with Gasteiger partial charge >= 0.3 is 0 Å². The number of aliphatic hydroxyl groups excluding tert-OH is 1. The predicted molar refractivity (Wildman–Crippen MR) is 52.8 cm³/mol. The summed E-state index contributed by atoms with van der Waals surface area (Å²) < 4.78 is 0. The van der Waals surface area contributed by atoms with Crippen LogP contribution in [0, 0.1) is 0 Å². The van der Waals surface area contributed by atoms with Crippen LogP contribution >= 0.6 is 27.5 Å². The van der Waals surface area contributed by atoms with Gasteiger partial charge in [0.1, 0.15) is 0 Å². The molecule has 0 aliphatic heterocycles. The van der Waals surface area contributed by atoms with Gasteiger partial charge in [-0.1, -0.05) is 33.6 Å². The van der Waals surface area contributed by atoms with Crippen LogP contribution in [-0.2, 0) is 6.42 Å². The molecule has 64 valence electrons. The van der Waals surface area contributed by atoms with E-state index in [2.05, 4.69) is 15.9 Å². The van der Waals surface area contributed by atoms with Crippen molar-refractivity contribution in [3.8, 4) is 0 Å². The van der Waals surface area contributed by atoms with E-state index in [1.165, 1.54) is 0 Å². The number of hydrogen-bond donors (Lipinski definition) is 1. The van der Waals surface area contributed by atoms with Crippen molar-refractivity contribution in [2.24, 2.45) is 0 Å². The Kier molecular flexibility index (Phi) is 2.15. The van der Waals surface area contributed by atoms with Crippen molar-refractivity contribution in [3.05, 3.63) is 34.3 Å². The SMILES string of the molecule is OC1c2ccc(Cl)cc2CC1Br. The van der Waals surface area contributed by atoms with Crippen molar-refractivity contribution < 1.29 is 5.11 Å². The number of rotatable bonds is 0. The molecule has 0 radical (unpaired) electrons. The highest BCUT2D eigenvalue weighted by molar-refractivity contribution is 9.09. The number of benzene rings is 1. The first-order valence-corrected chi connectivity index (χ1v) is 5.08. The van der Waals surface area contributed by atoms with Gasteiger partial charge in [0.2, 0.25) is 0 Å². The fraction of sp³-hybridized carbons (Fsp3) is 0.333. The summed E-state index contributed by atoms with van der Waals surface area (Å²) in [7, 11) is 0. The van der Waals surface area contributed by atoms with Gasteiger partial charge in [-0.25, -0.2) is 0 Å². The molecule has 0 aromatic heterocycles. The molecule has 1 aliphatic carbocycles. The van der Waals surface area contributed by atoms with Crippen LogP contribution in [0.4, 0.5) is 0 Å². The molecule has 12 heavy (non-hydrogen) atoms. The fourth-order valence-corrected chi connectivity index (χ4v) is 2.38. The van der Waals surface area contributed by atoms with E-state index >= 15 is 0 Å². The maximum atomic E-state index is 9.65. The Balaban J connectivity index is 2.47. The van der Waals surface area contributed by atoms with Crippen molar-refractivity contribution in [2.45, 2.75) is 17.4 Å². The first-order chi connectivity index (χ1) is 5.68. The van der Waals surface area contributed by atoms with E-state index in [1.54, 1.807) is 0 Å². The molecule has 0 saturated heterocycles. The minimum absolute atomic E-state index is 0.144. The summed E-state index contributed by atoms with van der Waals surface area (Å²) >= 11 is 9.24. The van der Waals surface area contributed by atoms with Gasteiger partial charge in [0.25, 0.3) is 0 Å². The normalized spacial score (nSPS) is 27.2. The van der Waals surface area contributed by atoms with Gasteiger partial charge in [0.05, 0.1) is 6.10 Å². The second kappa shape index (κ2) is 3.02. The lowest BCUT2D eigenvalue weighted by molar-refractivity contribution is 0.187. The van der Waals surface area contributed by atoms with Crippen LogP contribution in [0.5, 0.6) is 0 Å². The minimum atomic E-state index is -0.378. The number of aliphatic hydroxyl groups is 1. The summed E-state index contributed by atoms with van der Waals surface area (Å²) in [6.07, 6.45) is 0.481. The monoisotopic (exact) mass is 246 g/mol. The molecule has 2 atom stereocenters. The molecule has 2 rings (SSSR count). The fourth-order valence-electron chi connectivity index (χ4n) is 1.56. The third-order valence-corrected chi connectivity index (χ3v) is 3.24. The molecule has 3 heteroatoms. The van der Waals surface area contributed by atoms with Crippen molar-refractivity contribution in [1.29, 1.82) is 0 Å². The van der Waals surface area contributed by atoms with Crippen molar-refractivity contribution >= 4 is 27.5 Å². The second-order valence-electron chi connectivity index (χ2n) is 3.01. The third kappa shape index (κ3) is 1.28. The Morgan fingerprint density at radius 3 is 3.00 bits per heavy atom. The molecule has 1 N–H and O–H groups in total. The van der Waals surface area contributed by atoms with E-state index in [0.717, 1.165) is 22.6 Å². The Bertz CT molecular complexity index is 313. The van der Waals surface area contributed by atoms with Crippen molar-refractivity contribution in [2.75, 3.05) is 0 Å². The zero-order valence-corrected chi connectivity index (χ0v) is 8.64. The zero-order chi connectivity index (χ0) is 8.72. The molecular formula is C9H8BrClO. The maximum Gasteiger partial charge on any atom is 0.0920 e. The summed E-state index contributed by atoms with van der Waals surface area (Å²) in [5.41, 5.74) is 2.15. The number of alkyl halides is 1. The third-order valence-electron chi connectivity index (χ3n) is 2.18. The van der Waals surface area contributed by atoms with Crippen LogP contribution in [0.25, 0.3) is 0 Å². The summed E-state index contributed by atoms with van der Waals surface area (Å²) in [6.45, 7) is 0. The standard InChI is InChI=1S/C9H8BrClO/c10-8-4-5-3-6(11)1-2-7(5)9(8)12/h1-3,8-9,12H,4H2. The smallest absolute Gasteiger partial charge is 0.0920 e.